The molecule has 9 heteroatoms. The van der Waals surface area contributed by atoms with Crippen LogP contribution in [0.2, 0.25) is 0 Å². The number of amides is 1. The molecule has 0 aliphatic rings. The fourth-order valence-electron chi connectivity index (χ4n) is 2.48. The first-order valence-electron chi connectivity index (χ1n) is 7.11. The first-order valence-corrected chi connectivity index (χ1v) is 9.96. The highest BCUT2D eigenvalue weighted by Crippen LogP contribution is 2.38. The van der Waals surface area contributed by atoms with Gasteiger partial charge in [-0.1, -0.05) is 23.1 Å². The van der Waals surface area contributed by atoms with Crippen molar-refractivity contribution in [2.45, 2.75) is 11.3 Å². The lowest BCUT2D eigenvalue weighted by atomic mass is 10.3. The van der Waals surface area contributed by atoms with Gasteiger partial charge < -0.3 is 0 Å². The van der Waals surface area contributed by atoms with E-state index in [-0.39, 0.29) is 5.91 Å². The smallest absolute Gasteiger partial charge is 0.278 e. The number of benzene rings is 1. The normalized spacial score (nSPS) is 11.5. The predicted octanol–water partition coefficient (Wildman–Crippen LogP) is 3.92. The molecule has 4 aromatic rings. The minimum absolute atomic E-state index is 0.238. The Morgan fingerprint density at radius 3 is 2.58 bits per heavy atom. The van der Waals surface area contributed by atoms with Crippen LogP contribution in [0.4, 0.5) is 5.13 Å². The van der Waals surface area contributed by atoms with Gasteiger partial charge in [-0.05, 0) is 25.3 Å². The molecule has 1 N–H and O–H groups in total. The van der Waals surface area contributed by atoms with E-state index in [1.807, 2.05) is 31.5 Å². The summed E-state index contributed by atoms with van der Waals surface area (Å²) in [4.78, 5) is 21.5. The summed E-state index contributed by atoms with van der Waals surface area (Å²) in [5.41, 5.74) is 3.10. The Morgan fingerprint density at radius 1 is 1.21 bits per heavy atom. The molecular formula is C15H13N5OS3. The van der Waals surface area contributed by atoms with Crippen molar-refractivity contribution in [1.29, 1.82) is 0 Å². The molecule has 0 bridgehead atoms. The van der Waals surface area contributed by atoms with E-state index < -0.39 is 0 Å². The molecule has 24 heavy (non-hydrogen) atoms. The van der Waals surface area contributed by atoms with Gasteiger partial charge in [0.2, 0.25) is 0 Å². The van der Waals surface area contributed by atoms with Gasteiger partial charge in [-0.3, -0.25) is 14.8 Å². The van der Waals surface area contributed by atoms with E-state index in [1.54, 1.807) is 34.8 Å². The summed E-state index contributed by atoms with van der Waals surface area (Å²) < 4.78 is 4.83. The van der Waals surface area contributed by atoms with Crippen molar-refractivity contribution in [2.24, 2.45) is 7.05 Å². The average molecular weight is 376 g/mol. The van der Waals surface area contributed by atoms with Gasteiger partial charge in [0.15, 0.2) is 15.2 Å². The quantitative estimate of drug-likeness (QED) is 0.550. The molecule has 4 rings (SSSR count). The van der Waals surface area contributed by atoms with Crippen LogP contribution in [-0.4, -0.2) is 31.9 Å². The second-order valence-corrected chi connectivity index (χ2v) is 8.30. The number of carbonyl (C=O) groups excluding carboxylic acids is 1. The van der Waals surface area contributed by atoms with Crippen molar-refractivity contribution in [2.75, 3.05) is 11.6 Å². The van der Waals surface area contributed by atoms with Crippen molar-refractivity contribution in [3.8, 4) is 0 Å². The zero-order chi connectivity index (χ0) is 16.8. The van der Waals surface area contributed by atoms with Gasteiger partial charge in [0, 0.05) is 18.8 Å². The van der Waals surface area contributed by atoms with Crippen LogP contribution in [0.5, 0.6) is 0 Å². The molecule has 6 nitrogen and oxygen atoms in total. The molecule has 0 atom stereocenters. The third-order valence-corrected chi connectivity index (χ3v) is 6.72. The second-order valence-electron chi connectivity index (χ2n) is 5.25. The molecule has 0 aliphatic carbocycles. The summed E-state index contributed by atoms with van der Waals surface area (Å²) in [6.45, 7) is 1.87. The third kappa shape index (κ3) is 2.58. The number of fused-ring (bicyclic) bond motifs is 3. The fraction of sp³-hybridized carbons (Fsp3) is 0.200. The highest BCUT2D eigenvalue weighted by molar-refractivity contribution is 8.00. The number of thiazole rings is 2. The molecule has 0 saturated heterocycles. The number of rotatable bonds is 3. The van der Waals surface area contributed by atoms with Crippen molar-refractivity contribution >= 4 is 65.9 Å². The zero-order valence-corrected chi connectivity index (χ0v) is 15.6. The Bertz CT molecular complexity index is 1080. The Balaban J connectivity index is 1.72. The highest BCUT2D eigenvalue weighted by atomic mass is 32.2. The Morgan fingerprint density at radius 2 is 1.92 bits per heavy atom. The zero-order valence-electron chi connectivity index (χ0n) is 13.2. The lowest BCUT2D eigenvalue weighted by molar-refractivity contribution is 0.102. The number of thioether (sulfide) groups is 1. The van der Waals surface area contributed by atoms with Crippen LogP contribution in [-0.2, 0) is 7.05 Å². The minimum atomic E-state index is -0.238. The van der Waals surface area contributed by atoms with Gasteiger partial charge in [0.05, 0.1) is 20.4 Å². The number of carbonyl (C=O) groups is 1. The van der Waals surface area contributed by atoms with E-state index in [4.69, 9.17) is 0 Å². The van der Waals surface area contributed by atoms with E-state index in [2.05, 4.69) is 20.4 Å². The largest absolute Gasteiger partial charge is 0.296 e. The van der Waals surface area contributed by atoms with Crippen LogP contribution >= 0.6 is 34.4 Å². The van der Waals surface area contributed by atoms with Crippen LogP contribution in [0, 0.1) is 6.92 Å². The summed E-state index contributed by atoms with van der Waals surface area (Å²) in [7, 11) is 1.80. The maximum atomic E-state index is 12.4. The van der Waals surface area contributed by atoms with Gasteiger partial charge >= 0.3 is 0 Å². The second kappa shape index (κ2) is 5.83. The molecule has 0 unspecified atom stereocenters. The van der Waals surface area contributed by atoms with Crippen molar-refractivity contribution in [3.63, 3.8) is 0 Å². The first kappa shape index (κ1) is 15.6. The lowest BCUT2D eigenvalue weighted by Gasteiger charge is -1.98. The molecule has 1 amide bonds. The van der Waals surface area contributed by atoms with Crippen LogP contribution in [0.25, 0.3) is 20.4 Å². The molecule has 122 valence electrons. The van der Waals surface area contributed by atoms with E-state index in [0.717, 1.165) is 30.3 Å². The molecule has 0 radical (unpaired) electrons. The van der Waals surface area contributed by atoms with E-state index in [9.17, 15) is 4.79 Å². The van der Waals surface area contributed by atoms with Gasteiger partial charge in [-0.25, -0.2) is 9.97 Å². The summed E-state index contributed by atoms with van der Waals surface area (Å²) in [5, 5.41) is 7.63. The molecule has 0 spiro atoms. The number of aryl methyl sites for hydroxylation is 2. The van der Waals surface area contributed by atoms with Crippen molar-refractivity contribution in [1.82, 2.24) is 19.7 Å². The van der Waals surface area contributed by atoms with Crippen molar-refractivity contribution < 1.29 is 4.79 Å². The van der Waals surface area contributed by atoms with Crippen LogP contribution < -0.4 is 5.32 Å². The molecular weight excluding hydrogens is 362 g/mol. The molecule has 0 saturated carbocycles. The predicted molar refractivity (Wildman–Crippen MR) is 100 cm³/mol. The molecule has 1 aromatic carbocycles. The van der Waals surface area contributed by atoms with Crippen LogP contribution in [0.15, 0.2) is 22.7 Å². The number of hydrogen-bond donors (Lipinski definition) is 1. The van der Waals surface area contributed by atoms with Gasteiger partial charge in [-0.15, -0.1) is 11.3 Å². The number of nitrogens with one attached hydrogen (secondary N) is 1. The van der Waals surface area contributed by atoms with Gasteiger partial charge in [-0.2, -0.15) is 5.10 Å². The average Bonchev–Trinajstić information content (AvgIpc) is 3.21. The summed E-state index contributed by atoms with van der Waals surface area (Å²) in [5.74, 6) is -0.238. The van der Waals surface area contributed by atoms with E-state index >= 15 is 0 Å². The maximum Gasteiger partial charge on any atom is 0.278 e. The minimum Gasteiger partial charge on any atom is -0.296 e. The summed E-state index contributed by atoms with van der Waals surface area (Å²) in [6, 6.07) is 3.92. The number of aromatic nitrogens is 4. The number of nitrogens with zero attached hydrogens (tertiary/aromatic N) is 4. The monoisotopic (exact) mass is 375 g/mol. The lowest BCUT2D eigenvalue weighted by Crippen LogP contribution is -2.13. The van der Waals surface area contributed by atoms with E-state index in [0.29, 0.717) is 10.8 Å². The highest BCUT2D eigenvalue weighted by Gasteiger charge is 2.17. The van der Waals surface area contributed by atoms with Gasteiger partial charge in [0.1, 0.15) is 0 Å². The molecule has 0 fully saturated rings. The molecule has 3 aromatic heterocycles. The number of anilines is 1. The maximum absolute atomic E-state index is 12.4. The molecule has 3 heterocycles. The standard InChI is InChI=1S/C15H13N5OS3/c1-7-6-20(2)19-10(7)13(21)18-14-16-8-4-5-9-12(11(8)23-14)24-15(17-9)22-3/h4-6H,1-3H3,(H,16,18,21). The Hall–Kier alpha value is -1.97. The van der Waals surface area contributed by atoms with Gasteiger partial charge in [0.25, 0.3) is 5.91 Å². The van der Waals surface area contributed by atoms with Crippen LogP contribution in [0.1, 0.15) is 16.1 Å². The molecule has 0 aliphatic heterocycles. The summed E-state index contributed by atoms with van der Waals surface area (Å²) >= 11 is 4.76. The summed E-state index contributed by atoms with van der Waals surface area (Å²) in [6.07, 6.45) is 3.83. The first-order chi connectivity index (χ1) is 11.5. The Kier molecular flexibility index (Phi) is 3.78. The SMILES string of the molecule is CSc1nc2ccc3nc(NC(=O)c4nn(C)cc4C)sc3c2s1. The Labute approximate surface area is 149 Å². The third-order valence-electron chi connectivity index (χ3n) is 3.51. The van der Waals surface area contributed by atoms with E-state index in [1.165, 1.54) is 11.3 Å². The fourth-order valence-corrected chi connectivity index (χ4v) is 5.13. The van der Waals surface area contributed by atoms with Crippen LogP contribution in [0.3, 0.4) is 0 Å². The topological polar surface area (TPSA) is 72.7 Å². The van der Waals surface area contributed by atoms with Crippen molar-refractivity contribution in [3.05, 3.63) is 29.6 Å². The number of hydrogen-bond acceptors (Lipinski definition) is 7.